The van der Waals surface area contributed by atoms with Crippen LogP contribution in [0, 0.1) is 5.92 Å². The highest BCUT2D eigenvalue weighted by Gasteiger charge is 2.45. The van der Waals surface area contributed by atoms with E-state index in [2.05, 4.69) is 47.8 Å². The van der Waals surface area contributed by atoms with Crippen LogP contribution < -0.4 is 5.32 Å². The Morgan fingerprint density at radius 1 is 1.00 bits per heavy atom. The van der Waals surface area contributed by atoms with Gasteiger partial charge < -0.3 is 5.32 Å². The van der Waals surface area contributed by atoms with E-state index in [0.717, 1.165) is 12.8 Å². The molecule has 90 valence electrons. The molecule has 1 amide bonds. The quantitative estimate of drug-likeness (QED) is 0.812. The molecular weight excluding hydrogens is 222 g/mol. The first kappa shape index (κ1) is 10.1. The zero-order valence-corrected chi connectivity index (χ0v) is 10.1. The van der Waals surface area contributed by atoms with Crippen LogP contribution in [0.2, 0.25) is 0 Å². The van der Waals surface area contributed by atoms with E-state index in [0.29, 0.717) is 12.0 Å². The highest BCUT2D eigenvalue weighted by Crippen LogP contribution is 2.43. The van der Waals surface area contributed by atoms with Gasteiger partial charge in [0.1, 0.15) is 0 Å². The molecule has 0 aromatic heterocycles. The number of hydrogen-bond acceptors (Lipinski definition) is 1. The van der Waals surface area contributed by atoms with Crippen LogP contribution in [-0.2, 0) is 4.79 Å². The number of piperidine rings is 1. The summed E-state index contributed by atoms with van der Waals surface area (Å²) in [5.41, 5.74) is 1.38. The summed E-state index contributed by atoms with van der Waals surface area (Å²) < 4.78 is 0. The number of amides is 1. The van der Waals surface area contributed by atoms with Crippen LogP contribution in [0.25, 0.3) is 10.8 Å². The average molecular weight is 237 g/mol. The van der Waals surface area contributed by atoms with Gasteiger partial charge in [-0.25, -0.2) is 0 Å². The van der Waals surface area contributed by atoms with Crippen molar-refractivity contribution >= 4 is 16.7 Å². The molecule has 2 fully saturated rings. The highest BCUT2D eigenvalue weighted by molar-refractivity contribution is 5.85. The normalized spacial score (nSPS) is 29.8. The van der Waals surface area contributed by atoms with E-state index in [-0.39, 0.29) is 11.8 Å². The van der Waals surface area contributed by atoms with Gasteiger partial charge in [-0.2, -0.15) is 0 Å². The van der Waals surface area contributed by atoms with Crippen LogP contribution >= 0.6 is 0 Å². The van der Waals surface area contributed by atoms with Crippen LogP contribution in [0.3, 0.4) is 0 Å². The summed E-state index contributed by atoms with van der Waals surface area (Å²) >= 11 is 0. The Labute approximate surface area is 106 Å². The highest BCUT2D eigenvalue weighted by atomic mass is 16.2. The second kappa shape index (κ2) is 3.58. The fraction of sp³-hybridized carbons (Fsp3) is 0.312. The number of rotatable bonds is 1. The summed E-state index contributed by atoms with van der Waals surface area (Å²) in [6, 6.07) is 15.5. The summed E-state index contributed by atoms with van der Waals surface area (Å²) in [6.07, 6.45) is 2.05. The molecule has 2 aromatic rings. The molecule has 1 heterocycles. The van der Waals surface area contributed by atoms with Crippen molar-refractivity contribution in [1.29, 1.82) is 0 Å². The average Bonchev–Trinajstić information content (AvgIpc) is 2.97. The number of hydrogen-bond donors (Lipinski definition) is 1. The molecule has 1 saturated carbocycles. The minimum atomic E-state index is 0.256. The first-order chi connectivity index (χ1) is 8.81. The molecule has 2 nitrogen and oxygen atoms in total. The van der Waals surface area contributed by atoms with E-state index in [9.17, 15) is 4.79 Å². The second-order valence-electron chi connectivity index (χ2n) is 5.50. The molecule has 4 rings (SSSR count). The number of nitrogens with one attached hydrogen (secondary N) is 1. The van der Waals surface area contributed by atoms with Crippen molar-refractivity contribution < 1.29 is 4.79 Å². The van der Waals surface area contributed by atoms with E-state index in [1.54, 1.807) is 0 Å². The van der Waals surface area contributed by atoms with Gasteiger partial charge in [-0.3, -0.25) is 4.79 Å². The van der Waals surface area contributed by atoms with Crippen molar-refractivity contribution in [2.75, 3.05) is 0 Å². The van der Waals surface area contributed by atoms with Crippen LogP contribution in [-0.4, -0.2) is 11.9 Å². The molecule has 1 saturated heterocycles. The van der Waals surface area contributed by atoms with Crippen LogP contribution in [0.4, 0.5) is 0 Å². The predicted molar refractivity (Wildman–Crippen MR) is 71.3 cm³/mol. The van der Waals surface area contributed by atoms with E-state index in [4.69, 9.17) is 0 Å². The van der Waals surface area contributed by atoms with Gasteiger partial charge in [0.15, 0.2) is 0 Å². The fourth-order valence-corrected chi connectivity index (χ4v) is 3.52. The van der Waals surface area contributed by atoms with Crippen molar-refractivity contribution in [3.05, 3.63) is 48.0 Å². The maximum Gasteiger partial charge on any atom is 0.223 e. The Morgan fingerprint density at radius 3 is 2.56 bits per heavy atom. The van der Waals surface area contributed by atoms with E-state index in [1.165, 1.54) is 16.3 Å². The lowest BCUT2D eigenvalue weighted by atomic mass is 9.90. The number of fused-ring (bicyclic) bond motifs is 3. The molecular formula is C16H15NO. The third-order valence-corrected chi connectivity index (χ3v) is 4.46. The SMILES string of the molecule is O=C1N[C@H]2C[C@@H]1C[C@@H]2c1ccc2ccccc2c1. The standard InChI is InChI=1S/C16H15NO/c18-16-13-8-14(15(9-13)17-16)12-6-5-10-3-1-2-4-11(10)7-12/h1-7,13-15H,8-9H2,(H,17,18)/t13-,14+,15-/m0/s1. The summed E-state index contributed by atoms with van der Waals surface area (Å²) in [7, 11) is 0. The molecule has 0 radical (unpaired) electrons. The van der Waals surface area contributed by atoms with Gasteiger partial charge in [0, 0.05) is 17.9 Å². The lowest BCUT2D eigenvalue weighted by Gasteiger charge is -2.23. The van der Waals surface area contributed by atoms with Gasteiger partial charge in [0.25, 0.3) is 0 Å². The molecule has 0 unspecified atom stereocenters. The Hall–Kier alpha value is -1.83. The second-order valence-corrected chi connectivity index (χ2v) is 5.50. The van der Waals surface area contributed by atoms with Crippen molar-refractivity contribution in [2.24, 2.45) is 5.92 Å². The maximum atomic E-state index is 11.5. The molecule has 18 heavy (non-hydrogen) atoms. The zero-order valence-electron chi connectivity index (χ0n) is 10.1. The minimum absolute atomic E-state index is 0.256. The summed E-state index contributed by atoms with van der Waals surface area (Å²) in [5.74, 6) is 1.03. The molecule has 2 heteroatoms. The molecule has 1 aliphatic heterocycles. The molecule has 2 aromatic carbocycles. The summed E-state index contributed by atoms with van der Waals surface area (Å²) in [4.78, 5) is 11.5. The Morgan fingerprint density at radius 2 is 1.83 bits per heavy atom. The minimum Gasteiger partial charge on any atom is -0.352 e. The Balaban J connectivity index is 1.73. The van der Waals surface area contributed by atoms with Crippen molar-refractivity contribution in [3.8, 4) is 0 Å². The topological polar surface area (TPSA) is 29.1 Å². The maximum absolute atomic E-state index is 11.5. The van der Waals surface area contributed by atoms with E-state index >= 15 is 0 Å². The molecule has 3 atom stereocenters. The van der Waals surface area contributed by atoms with Gasteiger partial charge in [-0.15, -0.1) is 0 Å². The van der Waals surface area contributed by atoms with Gasteiger partial charge in [-0.05, 0) is 29.2 Å². The van der Waals surface area contributed by atoms with Gasteiger partial charge >= 0.3 is 0 Å². The third-order valence-electron chi connectivity index (χ3n) is 4.46. The monoisotopic (exact) mass is 237 g/mol. The van der Waals surface area contributed by atoms with Gasteiger partial charge in [-0.1, -0.05) is 42.5 Å². The van der Waals surface area contributed by atoms with Gasteiger partial charge in [0.05, 0.1) is 0 Å². The first-order valence-corrected chi connectivity index (χ1v) is 6.60. The van der Waals surface area contributed by atoms with Crippen LogP contribution in [0.1, 0.15) is 24.3 Å². The van der Waals surface area contributed by atoms with Gasteiger partial charge in [0.2, 0.25) is 5.91 Å². The molecule has 0 spiro atoms. The predicted octanol–water partition coefficient (Wildman–Crippen LogP) is 2.83. The lowest BCUT2D eigenvalue weighted by Crippen LogP contribution is -2.35. The summed E-state index contributed by atoms with van der Waals surface area (Å²) in [5, 5.41) is 5.69. The lowest BCUT2D eigenvalue weighted by molar-refractivity contribution is -0.123. The van der Waals surface area contributed by atoms with Crippen molar-refractivity contribution in [2.45, 2.75) is 24.8 Å². The number of benzene rings is 2. The largest absolute Gasteiger partial charge is 0.352 e. The Kier molecular flexibility index (Phi) is 2.01. The van der Waals surface area contributed by atoms with Crippen molar-refractivity contribution in [1.82, 2.24) is 5.32 Å². The van der Waals surface area contributed by atoms with E-state index in [1.807, 2.05) is 0 Å². The Bertz CT molecular complexity index is 634. The fourth-order valence-electron chi connectivity index (χ4n) is 3.52. The van der Waals surface area contributed by atoms with E-state index < -0.39 is 0 Å². The molecule has 1 aliphatic carbocycles. The first-order valence-electron chi connectivity index (χ1n) is 6.60. The smallest absolute Gasteiger partial charge is 0.223 e. The number of carbonyl (C=O) groups is 1. The number of carbonyl (C=O) groups excluding carboxylic acids is 1. The zero-order chi connectivity index (χ0) is 12.1. The third kappa shape index (κ3) is 1.38. The molecule has 2 bridgehead atoms. The van der Waals surface area contributed by atoms with Crippen molar-refractivity contribution in [3.63, 3.8) is 0 Å². The van der Waals surface area contributed by atoms with Crippen LogP contribution in [0.15, 0.2) is 42.5 Å². The molecule has 1 N–H and O–H groups in total. The summed E-state index contributed by atoms with van der Waals surface area (Å²) in [6.45, 7) is 0. The van der Waals surface area contributed by atoms with Crippen LogP contribution in [0.5, 0.6) is 0 Å². The molecule has 2 aliphatic rings.